The molecule has 0 spiro atoms. The zero-order chi connectivity index (χ0) is 28.4. The van der Waals surface area contributed by atoms with Crippen LogP contribution in [0.4, 0.5) is 4.79 Å². The first-order valence-corrected chi connectivity index (χ1v) is 14.2. The van der Waals surface area contributed by atoms with Gasteiger partial charge in [-0.3, -0.25) is 19.1 Å². The topological polar surface area (TPSA) is 137 Å². The Morgan fingerprint density at radius 1 is 1.05 bits per heavy atom. The second kappa shape index (κ2) is 13.7. The quantitative estimate of drug-likeness (QED) is 0.145. The number of terminal acetylenes is 1. The Bertz CT molecular complexity index is 1260. The molecule has 0 aliphatic carbocycles. The number of carbonyl (C=O) groups excluding carboxylic acids is 4. The van der Waals surface area contributed by atoms with Crippen molar-refractivity contribution in [1.29, 1.82) is 0 Å². The van der Waals surface area contributed by atoms with Crippen molar-refractivity contribution in [2.75, 3.05) is 19.9 Å². The van der Waals surface area contributed by atoms with Crippen molar-refractivity contribution in [2.24, 2.45) is 5.92 Å². The molecule has 1 amide bonds. The number of methoxy groups -OCH3 is 1. The number of nitrogens with zero attached hydrogens (tertiary/aromatic N) is 1. The van der Waals surface area contributed by atoms with Crippen molar-refractivity contribution in [1.82, 2.24) is 4.90 Å². The molecule has 0 radical (unpaired) electrons. The summed E-state index contributed by atoms with van der Waals surface area (Å²) < 4.78 is 28.9. The summed E-state index contributed by atoms with van der Waals surface area (Å²) in [6, 6.07) is 15.9. The molecule has 1 saturated heterocycles. The highest BCUT2D eigenvalue weighted by molar-refractivity contribution is 7.58. The molecule has 3 rings (SSSR count). The largest absolute Gasteiger partial charge is 0.467 e. The van der Waals surface area contributed by atoms with Crippen LogP contribution in [-0.2, 0) is 35.0 Å². The summed E-state index contributed by atoms with van der Waals surface area (Å²) >= 11 is 0. The zero-order valence-electron chi connectivity index (χ0n) is 21.4. The minimum Gasteiger partial charge on any atom is -0.467 e. The number of likely N-dealkylation sites (tertiary alicyclic amines) is 1. The maximum Gasteiger partial charge on any atom is 0.411 e. The average molecular weight is 556 g/mol. The van der Waals surface area contributed by atoms with Crippen molar-refractivity contribution in [3.63, 3.8) is 0 Å². The lowest BCUT2D eigenvalue weighted by Crippen LogP contribution is -2.46. The lowest BCUT2D eigenvalue weighted by atomic mass is 10.1. The first kappa shape index (κ1) is 29.6. The second-order valence-corrected chi connectivity index (χ2v) is 11.5. The van der Waals surface area contributed by atoms with Crippen LogP contribution in [0.1, 0.15) is 35.2 Å². The SMILES string of the molecule is C#CCC(CP(=O)(O)C1CC[C@@H](C(=O)OC)N1C(=O)OCc1ccccc1)C(=O)OCC(=O)c1ccccc1. The zero-order valence-corrected chi connectivity index (χ0v) is 22.3. The normalized spacial score (nSPS) is 18.7. The summed E-state index contributed by atoms with van der Waals surface area (Å²) in [5.41, 5.74) is 1.03. The number of hydrogen-bond donors (Lipinski definition) is 1. The molecule has 1 aliphatic heterocycles. The number of carbonyl (C=O) groups is 4. The van der Waals surface area contributed by atoms with Crippen LogP contribution in [0.15, 0.2) is 60.7 Å². The minimum absolute atomic E-state index is 0.00169. The van der Waals surface area contributed by atoms with Gasteiger partial charge in [-0.25, -0.2) is 9.59 Å². The number of amides is 1. The van der Waals surface area contributed by atoms with Crippen LogP contribution >= 0.6 is 7.37 Å². The van der Waals surface area contributed by atoms with Gasteiger partial charge in [0.1, 0.15) is 18.4 Å². The monoisotopic (exact) mass is 555 g/mol. The Labute approximate surface area is 226 Å². The molecule has 10 nitrogen and oxygen atoms in total. The standard InChI is InChI=1S/C28H30NO9P/c1-3-10-22(26(31)37-18-24(30)21-13-8-5-9-14-21)19-39(34,35)25-16-15-23(27(32)36-2)29(25)28(33)38-17-20-11-6-4-7-12-20/h1,4-9,11-14,22-23,25H,10,15-19H2,2H3,(H,34,35)/t22?,23-,25?/m0/s1. The fraction of sp³-hybridized carbons (Fsp3) is 0.357. The Hall–Kier alpha value is -3.93. The van der Waals surface area contributed by atoms with E-state index in [4.69, 9.17) is 20.6 Å². The third kappa shape index (κ3) is 7.79. The highest BCUT2D eigenvalue weighted by Crippen LogP contribution is 2.55. The van der Waals surface area contributed by atoms with E-state index < -0.39 is 61.7 Å². The summed E-state index contributed by atoms with van der Waals surface area (Å²) in [6.07, 6.45) is 3.66. The van der Waals surface area contributed by atoms with Gasteiger partial charge in [0.05, 0.1) is 13.0 Å². The molecule has 11 heteroatoms. The molecule has 2 aromatic rings. The Kier molecular flexibility index (Phi) is 10.4. The van der Waals surface area contributed by atoms with Gasteiger partial charge in [0.15, 0.2) is 12.4 Å². The van der Waals surface area contributed by atoms with Crippen LogP contribution < -0.4 is 0 Å². The number of esters is 2. The van der Waals surface area contributed by atoms with Crippen molar-refractivity contribution in [3.8, 4) is 12.3 Å². The fourth-order valence-electron chi connectivity index (χ4n) is 4.36. The molecule has 1 aliphatic rings. The molecule has 1 fully saturated rings. The molecule has 0 bridgehead atoms. The van der Waals surface area contributed by atoms with Gasteiger partial charge in [-0.15, -0.1) is 12.3 Å². The van der Waals surface area contributed by atoms with E-state index in [0.717, 1.165) is 12.0 Å². The van der Waals surface area contributed by atoms with E-state index in [9.17, 15) is 28.6 Å². The number of benzene rings is 2. The molecule has 2 aromatic carbocycles. The number of hydrogen-bond acceptors (Lipinski definition) is 8. The molecule has 0 aromatic heterocycles. The summed E-state index contributed by atoms with van der Waals surface area (Å²) in [4.78, 5) is 62.6. The van der Waals surface area contributed by atoms with Gasteiger partial charge in [-0.1, -0.05) is 60.7 Å². The lowest BCUT2D eigenvalue weighted by molar-refractivity contribution is -0.147. The molecule has 3 unspecified atom stereocenters. The highest BCUT2D eigenvalue weighted by atomic mass is 31.2. The summed E-state index contributed by atoms with van der Waals surface area (Å²) in [5.74, 6) is -2.35. The number of ether oxygens (including phenoxy) is 3. The fourth-order valence-corrected chi connectivity index (χ4v) is 6.71. The molecule has 4 atom stereocenters. The maximum atomic E-state index is 13.6. The first-order valence-electron chi connectivity index (χ1n) is 12.2. The number of rotatable bonds is 11. The molecular formula is C28H30NO9P. The smallest absolute Gasteiger partial charge is 0.411 e. The van der Waals surface area contributed by atoms with Crippen LogP contribution in [0.25, 0.3) is 0 Å². The van der Waals surface area contributed by atoms with Gasteiger partial charge < -0.3 is 19.1 Å². The summed E-state index contributed by atoms with van der Waals surface area (Å²) in [7, 11) is -3.19. The van der Waals surface area contributed by atoms with E-state index in [1.54, 1.807) is 60.7 Å². The van der Waals surface area contributed by atoms with Crippen LogP contribution in [-0.4, -0.2) is 65.3 Å². The van der Waals surface area contributed by atoms with Gasteiger partial charge in [0.2, 0.25) is 7.37 Å². The predicted molar refractivity (Wildman–Crippen MR) is 141 cm³/mol. The number of ketones is 1. The lowest BCUT2D eigenvalue weighted by Gasteiger charge is -2.31. The molecular weight excluding hydrogens is 525 g/mol. The first-order chi connectivity index (χ1) is 18.7. The number of Topliss-reactive ketones (excluding diaryl/α,β-unsaturated/α-hetero) is 1. The Morgan fingerprint density at radius 2 is 1.69 bits per heavy atom. The Balaban J connectivity index is 1.73. The van der Waals surface area contributed by atoms with Crippen molar-refractivity contribution in [3.05, 3.63) is 71.8 Å². The van der Waals surface area contributed by atoms with Crippen molar-refractivity contribution >= 4 is 31.2 Å². The third-order valence-corrected chi connectivity index (χ3v) is 8.73. The van der Waals surface area contributed by atoms with E-state index in [2.05, 4.69) is 5.92 Å². The van der Waals surface area contributed by atoms with Gasteiger partial charge in [-0.05, 0) is 18.4 Å². The van der Waals surface area contributed by atoms with E-state index in [1.165, 1.54) is 0 Å². The molecule has 206 valence electrons. The van der Waals surface area contributed by atoms with Gasteiger partial charge in [0, 0.05) is 18.1 Å². The molecule has 39 heavy (non-hydrogen) atoms. The minimum atomic E-state index is -4.34. The highest BCUT2D eigenvalue weighted by Gasteiger charge is 2.51. The summed E-state index contributed by atoms with van der Waals surface area (Å²) in [5, 5.41) is 0. The van der Waals surface area contributed by atoms with Crippen molar-refractivity contribution < 1.29 is 42.8 Å². The van der Waals surface area contributed by atoms with E-state index in [-0.39, 0.29) is 25.9 Å². The van der Waals surface area contributed by atoms with Gasteiger partial charge >= 0.3 is 18.0 Å². The van der Waals surface area contributed by atoms with E-state index in [1.807, 2.05) is 0 Å². The predicted octanol–water partition coefficient (Wildman–Crippen LogP) is 3.62. The third-order valence-electron chi connectivity index (χ3n) is 6.33. The van der Waals surface area contributed by atoms with Crippen LogP contribution in [0.3, 0.4) is 0 Å². The second-order valence-electron chi connectivity index (χ2n) is 8.98. The molecule has 1 N–H and O–H groups in total. The van der Waals surface area contributed by atoms with Crippen LogP contribution in [0, 0.1) is 18.3 Å². The van der Waals surface area contributed by atoms with Crippen LogP contribution in [0.2, 0.25) is 0 Å². The van der Waals surface area contributed by atoms with E-state index in [0.29, 0.717) is 11.1 Å². The van der Waals surface area contributed by atoms with Gasteiger partial charge in [-0.2, -0.15) is 0 Å². The average Bonchev–Trinajstić information content (AvgIpc) is 3.41. The maximum absolute atomic E-state index is 13.6. The van der Waals surface area contributed by atoms with Crippen LogP contribution in [0.5, 0.6) is 0 Å². The Morgan fingerprint density at radius 3 is 2.31 bits per heavy atom. The van der Waals surface area contributed by atoms with E-state index >= 15 is 0 Å². The molecule has 1 heterocycles. The summed E-state index contributed by atoms with van der Waals surface area (Å²) in [6.45, 7) is -0.681. The van der Waals surface area contributed by atoms with Crippen molar-refractivity contribution in [2.45, 2.75) is 37.7 Å². The van der Waals surface area contributed by atoms with Gasteiger partial charge in [0.25, 0.3) is 0 Å². The molecule has 0 saturated carbocycles.